The second kappa shape index (κ2) is 36.8. The second-order valence-corrected chi connectivity index (χ2v) is 30.9. The molecule has 598 valence electrons. The van der Waals surface area contributed by atoms with E-state index in [1.165, 1.54) is 71.0 Å². The number of nitrogens with one attached hydrogen (secondary N) is 4. The van der Waals surface area contributed by atoms with E-state index in [2.05, 4.69) is 21.3 Å². The number of rotatable bonds is 12. The van der Waals surface area contributed by atoms with Crippen LogP contribution in [0.3, 0.4) is 0 Å². The highest BCUT2D eigenvalue weighted by Gasteiger charge is 2.56. The number of likely N-dealkylation sites (N-methyl/N-ethyl adjacent to an activating group) is 6. The van der Waals surface area contributed by atoms with Gasteiger partial charge in [0.2, 0.25) is 70.9 Å². The summed E-state index contributed by atoms with van der Waals surface area (Å²) in [4.78, 5) is 189. The lowest BCUT2D eigenvalue weighted by Crippen LogP contribution is -2.68. The highest BCUT2D eigenvalue weighted by atomic mass is 19.4. The summed E-state index contributed by atoms with van der Waals surface area (Å²) in [6.07, 6.45) is -13.3. The lowest BCUT2D eigenvalue weighted by Gasteiger charge is -2.46. The lowest BCUT2D eigenvalue weighted by molar-refractivity contribution is -0.219. The molecule has 6 fully saturated rings. The zero-order valence-electron chi connectivity index (χ0n) is 63.3. The van der Waals surface area contributed by atoms with Gasteiger partial charge in [-0.3, -0.25) is 57.5 Å². The van der Waals surface area contributed by atoms with Crippen LogP contribution in [0.4, 0.5) is 35.1 Å². The Bertz CT molecular complexity index is 3170. The molecule has 0 aromatic carbocycles. The van der Waals surface area contributed by atoms with Crippen LogP contribution in [-0.4, -0.2) is 276 Å². The van der Waals surface area contributed by atoms with Crippen molar-refractivity contribution in [3.63, 3.8) is 0 Å². The highest BCUT2D eigenvalue weighted by Crippen LogP contribution is 2.46. The zero-order chi connectivity index (χ0) is 78.8. The Morgan fingerprint density at radius 3 is 1.85 bits per heavy atom. The largest absolute Gasteiger partial charge is 0.397 e. The van der Waals surface area contributed by atoms with Crippen LogP contribution < -0.4 is 21.3 Å². The van der Waals surface area contributed by atoms with E-state index < -0.39 is 229 Å². The van der Waals surface area contributed by atoms with Crippen LogP contribution in [0.1, 0.15) is 176 Å². The molecule has 4 aliphatic carbocycles. The van der Waals surface area contributed by atoms with Gasteiger partial charge in [-0.2, -0.15) is 26.3 Å². The predicted octanol–water partition coefficient (Wildman–Crippen LogP) is 5.76. The monoisotopic (exact) mass is 1520 g/mol. The van der Waals surface area contributed by atoms with Crippen molar-refractivity contribution in [1.82, 2.24) is 60.5 Å². The maximum Gasteiger partial charge on any atom is 0.397 e. The van der Waals surface area contributed by atoms with E-state index in [1.807, 2.05) is 0 Å². The number of fused-ring (bicyclic) bond motifs is 3. The average molecular weight is 1520 g/mol. The number of hydrogen-bond donors (Lipinski definition) is 4. The third-order valence-corrected chi connectivity index (χ3v) is 23.6. The Hall–Kier alpha value is -7.22. The van der Waals surface area contributed by atoms with Crippen molar-refractivity contribution in [3.05, 3.63) is 12.2 Å². The minimum Gasteiger partial charge on any atom is -0.377 e. The molecule has 106 heavy (non-hydrogen) atoms. The molecule has 2 saturated heterocycles. The summed E-state index contributed by atoms with van der Waals surface area (Å²) in [5.41, 5.74) is -1.69. The third-order valence-electron chi connectivity index (χ3n) is 23.6. The topological polar surface area (TPSA) is 288 Å². The summed E-state index contributed by atoms with van der Waals surface area (Å²) in [5, 5.41) is 11.0. The number of ether oxygens (including phenoxy) is 1. The average Bonchev–Trinajstić information content (AvgIpc) is 1.20. The van der Waals surface area contributed by atoms with E-state index in [4.69, 9.17) is 4.74 Å². The Morgan fingerprint density at radius 1 is 0.660 bits per heavy atom. The molecule has 0 radical (unpaired) electrons. The Balaban J connectivity index is 1.31. The van der Waals surface area contributed by atoms with Gasteiger partial charge in [0.05, 0.1) is 25.0 Å². The number of hydrogen-bond acceptors (Lipinski definition) is 13. The minimum atomic E-state index is -5.22. The number of nitrogens with zero attached hydrogens (tertiary/aromatic N) is 8. The molecular formula is C73H112F8N12O13. The first kappa shape index (κ1) is 86.0. The summed E-state index contributed by atoms with van der Waals surface area (Å²) in [7, 11) is 9.45. The first-order valence-corrected chi connectivity index (χ1v) is 37.7. The number of carbonyl (C=O) groups is 12. The normalized spacial score (nSPS) is 32.9. The van der Waals surface area contributed by atoms with Crippen molar-refractivity contribution in [3.8, 4) is 0 Å². The van der Waals surface area contributed by atoms with Crippen molar-refractivity contribution in [2.45, 2.75) is 267 Å². The fraction of sp³-hybridized carbons (Fsp3) is 0.808. The Labute approximate surface area is 616 Å². The van der Waals surface area contributed by atoms with E-state index in [0.717, 1.165) is 24.5 Å². The van der Waals surface area contributed by atoms with Gasteiger partial charge < -0.3 is 65.2 Å². The van der Waals surface area contributed by atoms with Crippen molar-refractivity contribution < 1.29 is 97.4 Å². The summed E-state index contributed by atoms with van der Waals surface area (Å²) in [5.74, 6) is -17.0. The number of amides is 12. The maximum absolute atomic E-state index is 15.5. The quantitative estimate of drug-likeness (QED) is 0.134. The molecule has 4 saturated carbocycles. The number of halogens is 8. The van der Waals surface area contributed by atoms with E-state index >= 15 is 37.5 Å². The van der Waals surface area contributed by atoms with Gasteiger partial charge in [0, 0.05) is 75.5 Å². The van der Waals surface area contributed by atoms with Gasteiger partial charge in [-0.15, -0.1) is 0 Å². The molecule has 2 unspecified atom stereocenters. The molecule has 1 spiro atoms. The van der Waals surface area contributed by atoms with Crippen LogP contribution in [0.15, 0.2) is 12.2 Å². The maximum atomic E-state index is 15.5. The minimum absolute atomic E-state index is 0.00749. The van der Waals surface area contributed by atoms with Gasteiger partial charge in [0.15, 0.2) is 0 Å². The van der Waals surface area contributed by atoms with E-state index in [-0.39, 0.29) is 96.7 Å². The summed E-state index contributed by atoms with van der Waals surface area (Å²) < 4.78 is 121. The highest BCUT2D eigenvalue weighted by molar-refractivity contribution is 6.01. The van der Waals surface area contributed by atoms with Crippen molar-refractivity contribution >= 4 is 70.9 Å². The molecule has 0 aromatic heterocycles. The number of carbonyl (C=O) groups excluding carboxylic acids is 12. The van der Waals surface area contributed by atoms with Crippen LogP contribution in [0.25, 0.3) is 0 Å². The first-order valence-electron chi connectivity index (χ1n) is 37.7. The Kier molecular flexibility index (Phi) is 29.9. The van der Waals surface area contributed by atoms with Crippen LogP contribution in [0.5, 0.6) is 0 Å². The van der Waals surface area contributed by atoms with Crippen LogP contribution in [-0.2, 0) is 62.3 Å². The summed E-state index contributed by atoms with van der Waals surface area (Å²) >= 11 is 0. The fourth-order valence-electron chi connectivity index (χ4n) is 16.8. The third kappa shape index (κ3) is 20.4. The fourth-order valence-corrected chi connectivity index (χ4v) is 16.8. The van der Waals surface area contributed by atoms with Crippen LogP contribution in [0, 0.1) is 35.5 Å². The smallest absolute Gasteiger partial charge is 0.377 e. The summed E-state index contributed by atoms with van der Waals surface area (Å²) in [6, 6.07) is -12.8. The molecule has 13 atom stereocenters. The van der Waals surface area contributed by atoms with Crippen LogP contribution in [0.2, 0.25) is 0 Å². The molecule has 3 aliphatic heterocycles. The Morgan fingerprint density at radius 2 is 1.29 bits per heavy atom. The van der Waals surface area contributed by atoms with Crippen molar-refractivity contribution in [2.24, 2.45) is 35.5 Å². The molecular weight excluding hydrogens is 1400 g/mol. The molecule has 3 heterocycles. The summed E-state index contributed by atoms with van der Waals surface area (Å²) in [6.45, 7) is 6.81. The first-order chi connectivity index (χ1) is 49.7. The van der Waals surface area contributed by atoms with E-state index in [9.17, 15) is 55.1 Å². The molecule has 7 rings (SSSR count). The molecule has 33 heteroatoms. The van der Waals surface area contributed by atoms with Gasteiger partial charge in [-0.05, 0) is 147 Å². The number of alkyl halides is 8. The molecule has 25 nitrogen and oxygen atoms in total. The van der Waals surface area contributed by atoms with Crippen LogP contribution >= 0.6 is 0 Å². The lowest BCUT2D eigenvalue weighted by atomic mass is 9.74. The standard InChI is InChI=1S/C73H112F8N12O13/c1-13-41(4)59-63(98)82-42(5)64(99)89(10)52-24-17-16-20-33-92(68(52)103)55(36-43-25-28-46(29-26-43)72(76,77)78)67(102)87(8)40-56(94)83-50(30-27-44-34-48(74)58(49(75)35-44)73(79,80)81)65(100)93-39-47(106-15-3)37-53(93)62(97)85-71(31-21-32-71)70(105)91(12)60(45-22-18-19-23-45)69(104)90(11)54(66(101)86(6)7)38-57(95)88(9)51(14-2)61(96)84-59/h16-17,41-55,58-60H,13-15,18-40H2,1-12H3,(H,82,98)(H,83,94)(H,84,96)(H,85,97)/b17-16-/t41-,42-,43?,44?,46?,47+,48?,49?,50-,51-,52-,53-,54-,55-,58?,59-,60-/m0/s1. The van der Waals surface area contributed by atoms with Gasteiger partial charge >= 0.3 is 12.4 Å². The van der Waals surface area contributed by atoms with Gasteiger partial charge in [-0.25, -0.2) is 8.78 Å². The molecule has 2 bridgehead atoms. The van der Waals surface area contributed by atoms with Crippen molar-refractivity contribution in [1.29, 1.82) is 0 Å². The SMILES string of the molecule is CCO[C@@H]1C[C@H]2C(=O)NC3(CCC3)C(=O)N(C)[C@@H](C3CCCC3)C(=O)N(C)[C@H](C(=O)N(C)C)CC(=O)N(C)[C@@H](CC)C(=O)N[C@@H]([C@@H](C)CC)C(=O)N[C@@H](C)C(=O)N(C)[C@H]3C/C=C\CCN(C3=O)[C@@H](CC3CCC(C(F)(F)F)CC3)C(=O)N(C)CC(=O)N[C@@H](CCC3CC(F)C(C(F)(F)F)C(F)C3)C(=O)N2C1. The van der Waals surface area contributed by atoms with Gasteiger partial charge in [0.1, 0.15) is 78.2 Å². The second-order valence-electron chi connectivity index (χ2n) is 30.9. The molecule has 12 amide bonds. The van der Waals surface area contributed by atoms with Gasteiger partial charge in [-0.1, -0.05) is 52.2 Å². The van der Waals surface area contributed by atoms with Gasteiger partial charge in [0.25, 0.3) is 0 Å². The van der Waals surface area contributed by atoms with E-state index in [0.29, 0.717) is 38.5 Å². The zero-order valence-corrected chi connectivity index (χ0v) is 63.3. The predicted molar refractivity (Wildman–Crippen MR) is 372 cm³/mol. The molecule has 7 aliphatic rings. The molecule has 0 aromatic rings. The van der Waals surface area contributed by atoms with E-state index in [1.54, 1.807) is 39.8 Å². The van der Waals surface area contributed by atoms with Crippen molar-refractivity contribution in [2.75, 3.05) is 75.6 Å². The molecule has 4 N–H and O–H groups in total.